The number of carbonyl (C=O) groups is 1. The predicted octanol–water partition coefficient (Wildman–Crippen LogP) is 2.95. The minimum absolute atomic E-state index is 0.343. The van der Waals surface area contributed by atoms with E-state index in [4.69, 9.17) is 15.2 Å². The highest BCUT2D eigenvalue weighted by molar-refractivity contribution is 5.98. The quantitative estimate of drug-likeness (QED) is 0.653. The lowest BCUT2D eigenvalue weighted by Gasteiger charge is -2.12. The zero-order valence-corrected chi connectivity index (χ0v) is 12.1. The Balaban J connectivity index is 2.27. The van der Waals surface area contributed by atoms with Crippen LogP contribution >= 0.6 is 0 Å². The maximum Gasteiger partial charge on any atom is 0.340 e. The van der Waals surface area contributed by atoms with Crippen LogP contribution in [0.4, 0.5) is 17.1 Å². The molecule has 110 valence electrons. The van der Waals surface area contributed by atoms with Gasteiger partial charge in [-0.3, -0.25) is 0 Å². The Hall–Kier alpha value is -2.53. The molecule has 2 aromatic rings. The summed E-state index contributed by atoms with van der Waals surface area (Å²) in [6.07, 6.45) is 0. The normalized spacial score (nSPS) is 10.2. The zero-order valence-electron chi connectivity index (χ0n) is 12.1. The molecule has 0 radical (unpaired) electrons. The number of para-hydroxylation sites is 1. The molecule has 0 amide bonds. The number of methoxy groups -OCH3 is 2. The lowest BCUT2D eigenvalue weighted by atomic mass is 10.1. The fourth-order valence-electron chi connectivity index (χ4n) is 2.02. The lowest BCUT2D eigenvalue weighted by Crippen LogP contribution is -2.07. The third-order valence-corrected chi connectivity index (χ3v) is 3.03. The molecule has 0 aliphatic carbocycles. The molecule has 0 atom stereocenters. The van der Waals surface area contributed by atoms with Gasteiger partial charge in [0.2, 0.25) is 0 Å². The molecule has 0 saturated heterocycles. The highest BCUT2D eigenvalue weighted by Gasteiger charge is 2.12. The van der Waals surface area contributed by atoms with Crippen LogP contribution in [0.2, 0.25) is 0 Å². The summed E-state index contributed by atoms with van der Waals surface area (Å²) in [7, 11) is 2.98. The number of rotatable bonds is 5. The van der Waals surface area contributed by atoms with Crippen molar-refractivity contribution in [3.63, 3.8) is 0 Å². The van der Waals surface area contributed by atoms with Crippen LogP contribution < -0.4 is 11.1 Å². The summed E-state index contributed by atoms with van der Waals surface area (Å²) in [5, 5.41) is 3.20. The summed E-state index contributed by atoms with van der Waals surface area (Å²) < 4.78 is 9.82. The highest BCUT2D eigenvalue weighted by Crippen LogP contribution is 2.27. The Kier molecular flexibility index (Phi) is 4.79. The van der Waals surface area contributed by atoms with Gasteiger partial charge in [0, 0.05) is 12.8 Å². The number of esters is 1. The molecule has 5 heteroatoms. The van der Waals surface area contributed by atoms with Gasteiger partial charge in [-0.05, 0) is 29.8 Å². The Morgan fingerprint density at radius 1 is 1.19 bits per heavy atom. The molecule has 21 heavy (non-hydrogen) atoms. The number of anilines is 3. The molecule has 0 aromatic heterocycles. The third-order valence-electron chi connectivity index (χ3n) is 3.03. The highest BCUT2D eigenvalue weighted by atomic mass is 16.5. The number of carbonyl (C=O) groups excluding carboxylic acids is 1. The largest absolute Gasteiger partial charge is 0.465 e. The van der Waals surface area contributed by atoms with Gasteiger partial charge < -0.3 is 20.5 Å². The first-order valence-corrected chi connectivity index (χ1v) is 6.47. The van der Waals surface area contributed by atoms with E-state index in [-0.39, 0.29) is 0 Å². The molecular weight excluding hydrogens is 268 g/mol. The summed E-state index contributed by atoms with van der Waals surface area (Å²) in [5.41, 5.74) is 9.30. The molecule has 0 unspecified atom stereocenters. The fraction of sp³-hybridized carbons (Fsp3) is 0.188. The van der Waals surface area contributed by atoms with Gasteiger partial charge in [0.25, 0.3) is 0 Å². The molecule has 2 rings (SSSR count). The van der Waals surface area contributed by atoms with Crippen LogP contribution in [0.25, 0.3) is 0 Å². The summed E-state index contributed by atoms with van der Waals surface area (Å²) in [4.78, 5) is 11.6. The average molecular weight is 286 g/mol. The van der Waals surface area contributed by atoms with Gasteiger partial charge in [-0.25, -0.2) is 4.79 Å². The van der Waals surface area contributed by atoms with E-state index in [1.165, 1.54) is 7.11 Å². The fourth-order valence-corrected chi connectivity index (χ4v) is 2.02. The van der Waals surface area contributed by atoms with Gasteiger partial charge in [0.05, 0.1) is 30.7 Å². The number of nitrogen functional groups attached to an aromatic ring is 1. The monoisotopic (exact) mass is 286 g/mol. The molecule has 2 aromatic carbocycles. The number of benzene rings is 2. The average Bonchev–Trinajstić information content (AvgIpc) is 2.49. The second-order valence-electron chi connectivity index (χ2n) is 4.52. The van der Waals surface area contributed by atoms with Gasteiger partial charge in [0.1, 0.15) is 0 Å². The maximum atomic E-state index is 11.6. The van der Waals surface area contributed by atoms with Gasteiger partial charge in [-0.2, -0.15) is 0 Å². The zero-order chi connectivity index (χ0) is 15.2. The van der Waals surface area contributed by atoms with Crippen molar-refractivity contribution in [1.82, 2.24) is 0 Å². The Bertz CT molecular complexity index is 641. The topological polar surface area (TPSA) is 73.6 Å². The van der Waals surface area contributed by atoms with Crippen molar-refractivity contribution in [3.05, 3.63) is 53.6 Å². The third kappa shape index (κ3) is 3.52. The molecule has 3 N–H and O–H groups in total. The van der Waals surface area contributed by atoms with Crippen LogP contribution in [-0.2, 0) is 16.1 Å². The molecule has 0 aliphatic heterocycles. The van der Waals surface area contributed by atoms with Crippen LogP contribution in [0.15, 0.2) is 42.5 Å². The van der Waals surface area contributed by atoms with Crippen LogP contribution in [-0.4, -0.2) is 20.2 Å². The first kappa shape index (κ1) is 14.9. The Labute approximate surface area is 123 Å². The Morgan fingerprint density at radius 3 is 2.67 bits per heavy atom. The van der Waals surface area contributed by atoms with Gasteiger partial charge in [-0.15, -0.1) is 0 Å². The van der Waals surface area contributed by atoms with Crippen LogP contribution in [0, 0.1) is 0 Å². The van der Waals surface area contributed by atoms with Crippen LogP contribution in [0.1, 0.15) is 15.9 Å². The number of nitrogens with one attached hydrogen (secondary N) is 1. The van der Waals surface area contributed by atoms with Crippen molar-refractivity contribution in [2.45, 2.75) is 6.61 Å². The number of ether oxygens (including phenoxy) is 2. The molecule has 5 nitrogen and oxygen atoms in total. The number of hydrogen-bond donors (Lipinski definition) is 2. The number of hydrogen-bond acceptors (Lipinski definition) is 5. The predicted molar refractivity (Wildman–Crippen MR) is 82.6 cm³/mol. The second kappa shape index (κ2) is 6.76. The molecule has 0 aliphatic rings. The van der Waals surface area contributed by atoms with Crippen molar-refractivity contribution >= 4 is 23.0 Å². The molecule has 0 spiro atoms. The molecule has 0 fully saturated rings. The van der Waals surface area contributed by atoms with E-state index in [9.17, 15) is 4.79 Å². The molecular formula is C16H18N2O3. The van der Waals surface area contributed by atoms with E-state index < -0.39 is 5.97 Å². The number of nitrogens with two attached hydrogens (primary N) is 1. The summed E-state index contributed by atoms with van der Waals surface area (Å²) in [5.74, 6) is -0.454. The Morgan fingerprint density at radius 2 is 1.95 bits per heavy atom. The maximum absolute atomic E-state index is 11.6. The second-order valence-corrected chi connectivity index (χ2v) is 4.52. The smallest absolute Gasteiger partial charge is 0.340 e. The standard InChI is InChI=1S/C16H18N2O3/c1-20-10-11-5-3-6-12(9-11)18-14-8-4-7-13(15(14)17)16(19)21-2/h3-9,18H,10,17H2,1-2H3. The van der Waals surface area contributed by atoms with Gasteiger partial charge in [0.15, 0.2) is 0 Å². The van der Waals surface area contributed by atoms with E-state index in [2.05, 4.69) is 5.32 Å². The first-order chi connectivity index (χ1) is 10.2. The van der Waals surface area contributed by atoms with E-state index >= 15 is 0 Å². The van der Waals surface area contributed by atoms with E-state index in [0.717, 1.165) is 11.3 Å². The van der Waals surface area contributed by atoms with E-state index in [1.807, 2.05) is 30.3 Å². The van der Waals surface area contributed by atoms with Crippen LogP contribution in [0.3, 0.4) is 0 Å². The first-order valence-electron chi connectivity index (χ1n) is 6.47. The van der Waals surface area contributed by atoms with Crippen molar-refractivity contribution in [1.29, 1.82) is 0 Å². The molecule has 0 bridgehead atoms. The SMILES string of the molecule is COCc1cccc(Nc2cccc(C(=O)OC)c2N)c1. The van der Waals surface area contributed by atoms with Gasteiger partial charge >= 0.3 is 5.97 Å². The minimum atomic E-state index is -0.454. The minimum Gasteiger partial charge on any atom is -0.465 e. The molecule has 0 saturated carbocycles. The van der Waals surface area contributed by atoms with Crippen molar-refractivity contribution < 1.29 is 14.3 Å². The van der Waals surface area contributed by atoms with E-state index in [0.29, 0.717) is 23.5 Å². The summed E-state index contributed by atoms with van der Waals surface area (Å²) in [6.45, 7) is 0.535. The summed E-state index contributed by atoms with van der Waals surface area (Å²) >= 11 is 0. The van der Waals surface area contributed by atoms with Crippen LogP contribution in [0.5, 0.6) is 0 Å². The van der Waals surface area contributed by atoms with Gasteiger partial charge in [-0.1, -0.05) is 18.2 Å². The summed E-state index contributed by atoms with van der Waals surface area (Å²) in [6, 6.07) is 13.0. The van der Waals surface area contributed by atoms with Crippen molar-refractivity contribution in [2.75, 3.05) is 25.3 Å². The van der Waals surface area contributed by atoms with Crippen molar-refractivity contribution in [3.8, 4) is 0 Å². The van der Waals surface area contributed by atoms with E-state index in [1.54, 1.807) is 19.2 Å². The van der Waals surface area contributed by atoms with Crippen molar-refractivity contribution in [2.24, 2.45) is 0 Å². The lowest BCUT2D eigenvalue weighted by molar-refractivity contribution is 0.0602. The molecule has 0 heterocycles.